The number of aliphatic carboxylic acids is 1. The van der Waals surface area contributed by atoms with Crippen molar-refractivity contribution in [3.63, 3.8) is 0 Å². The van der Waals surface area contributed by atoms with E-state index >= 15 is 0 Å². The maximum Gasteiger partial charge on any atom is 0.311 e. The van der Waals surface area contributed by atoms with E-state index in [1.54, 1.807) is 52.9 Å². The van der Waals surface area contributed by atoms with Gasteiger partial charge in [0.05, 0.1) is 82.2 Å². The third kappa shape index (κ3) is 16.9. The molecule has 0 aliphatic rings. The first kappa shape index (κ1) is 66.3. The number of carbonyl (C=O) groups is 4. The number of alkyl halides is 1. The SMILES string of the molecule is CC(C)(Cc1[nH]nc2ncccc12)C(=O)O.CI.COC(=O)C(C)(C)Cc1[nH]nc2ncccc12.COC(=O)C(C)(C)Cc1nn(Cc2ccc(OC)cc2)c2ncccc12.COC(=O)C(C)Cc1nn(Cc2ccc(OC)cc2)c2ncccc12. The maximum atomic E-state index is 12.0. The molecule has 0 spiro atoms. The zero-order valence-electron chi connectivity index (χ0n) is 50.8. The Kier molecular flexibility index (Phi) is 23.3. The van der Waals surface area contributed by atoms with Crippen LogP contribution in [0.4, 0.5) is 0 Å². The number of nitrogens with one attached hydrogen (secondary N) is 2. The van der Waals surface area contributed by atoms with Crippen LogP contribution in [0.25, 0.3) is 44.1 Å². The van der Waals surface area contributed by atoms with E-state index < -0.39 is 22.2 Å². The van der Waals surface area contributed by atoms with Gasteiger partial charge in [-0.25, -0.2) is 29.3 Å². The summed E-state index contributed by atoms with van der Waals surface area (Å²) < 4.78 is 28.7. The quantitative estimate of drug-likeness (QED) is 0.0312. The van der Waals surface area contributed by atoms with Crippen LogP contribution in [-0.4, -0.2) is 129 Å². The Bertz CT molecular complexity index is 3850. The fraction of sp³-hybridized carbons (Fsp3) is 0.365. The number of carboxylic acid groups (broad SMARTS) is 1. The van der Waals surface area contributed by atoms with Crippen molar-refractivity contribution in [1.29, 1.82) is 0 Å². The number of fused-ring (bicyclic) bond motifs is 4. The number of H-pyrrole nitrogens is 2. The molecular formula is C63H75IN12O10. The first-order chi connectivity index (χ1) is 41.1. The highest BCUT2D eigenvalue weighted by Crippen LogP contribution is 2.30. The van der Waals surface area contributed by atoms with Crippen LogP contribution < -0.4 is 9.47 Å². The Balaban J connectivity index is 0.000000185. The van der Waals surface area contributed by atoms with Crippen LogP contribution in [0.1, 0.15) is 82.4 Å². The second-order valence-electron chi connectivity index (χ2n) is 21.9. The Hall–Kier alpha value is -8.87. The maximum absolute atomic E-state index is 12.0. The van der Waals surface area contributed by atoms with Crippen molar-refractivity contribution in [1.82, 2.24) is 59.9 Å². The Morgan fingerprint density at radius 1 is 0.523 bits per heavy atom. The number of benzene rings is 2. The number of rotatable bonds is 18. The van der Waals surface area contributed by atoms with Crippen molar-refractivity contribution in [2.24, 2.45) is 22.2 Å². The minimum Gasteiger partial charge on any atom is -0.497 e. The predicted octanol–water partition coefficient (Wildman–Crippen LogP) is 10.4. The van der Waals surface area contributed by atoms with Crippen LogP contribution in [-0.2, 0) is 72.2 Å². The van der Waals surface area contributed by atoms with Crippen molar-refractivity contribution >= 4 is 90.6 Å². The minimum absolute atomic E-state index is 0.232. The number of hydrogen-bond acceptors (Lipinski definition) is 17. The second kappa shape index (κ2) is 30.3. The van der Waals surface area contributed by atoms with Crippen LogP contribution >= 0.6 is 22.6 Å². The Morgan fingerprint density at radius 2 is 0.907 bits per heavy atom. The number of methoxy groups -OCH3 is 5. The van der Waals surface area contributed by atoms with Gasteiger partial charge in [-0.2, -0.15) is 20.4 Å². The van der Waals surface area contributed by atoms with Crippen LogP contribution in [0.5, 0.6) is 11.5 Å². The lowest BCUT2D eigenvalue weighted by molar-refractivity contribution is -0.151. The van der Waals surface area contributed by atoms with Crippen molar-refractivity contribution in [3.8, 4) is 11.5 Å². The van der Waals surface area contributed by atoms with E-state index in [1.165, 1.54) is 21.3 Å². The minimum atomic E-state index is -0.820. The van der Waals surface area contributed by atoms with Crippen molar-refractivity contribution in [3.05, 3.63) is 156 Å². The molecular weight excluding hydrogens is 1210 g/mol. The smallest absolute Gasteiger partial charge is 0.311 e. The highest BCUT2D eigenvalue weighted by atomic mass is 127. The van der Waals surface area contributed by atoms with E-state index in [-0.39, 0.29) is 23.8 Å². The molecule has 0 amide bonds. The molecule has 0 radical (unpaired) electrons. The first-order valence-corrected chi connectivity index (χ1v) is 29.6. The fourth-order valence-electron chi connectivity index (χ4n) is 9.18. The largest absolute Gasteiger partial charge is 0.497 e. The standard InChI is InChI=1S/C20H23N3O3.C19H21N3O3.C12H15N3O2.C11H13N3O2.CH3I/c1-20(2,19(24)26-4)12-17-16-6-5-11-21-18(16)23(22-17)13-14-7-9-15(25-3)10-8-14;1-13(19(23)25-3)11-17-16-5-4-10-20-18(16)22(21-17)12-14-6-8-15(24-2)9-7-14;1-12(2,11(16)17-3)7-9-8-5-4-6-13-10(8)15-14-9;1-11(2,10(15)16)6-8-7-4-3-5-12-9(7)14-13-8;1-2/h5-11H,12-13H2,1-4H3;4-10,13H,11-12H2,1-3H3;4-6H,7H2,1-3H3,(H,13,14,15);3-5H,6H2,1-2H3,(H,15,16)(H,12,13,14);1H3. The van der Waals surface area contributed by atoms with Crippen LogP contribution in [0.2, 0.25) is 0 Å². The number of hydrogen-bond donors (Lipinski definition) is 3. The van der Waals surface area contributed by atoms with Gasteiger partial charge in [-0.3, -0.25) is 29.4 Å². The summed E-state index contributed by atoms with van der Waals surface area (Å²) in [7, 11) is 7.51. The number of aromatic amines is 2. The average molecular weight is 1290 g/mol. The van der Waals surface area contributed by atoms with Gasteiger partial charge in [-0.15, -0.1) is 0 Å². The zero-order valence-corrected chi connectivity index (χ0v) is 53.0. The van der Waals surface area contributed by atoms with Gasteiger partial charge >= 0.3 is 23.9 Å². The molecule has 10 aromatic rings. The molecule has 2 aromatic carbocycles. The van der Waals surface area contributed by atoms with Gasteiger partial charge in [0, 0.05) is 83.4 Å². The lowest BCUT2D eigenvalue weighted by Gasteiger charge is -2.20. The summed E-state index contributed by atoms with van der Waals surface area (Å²) in [5, 5.41) is 36.2. The summed E-state index contributed by atoms with van der Waals surface area (Å²) in [6.07, 6.45) is 8.81. The molecule has 8 heterocycles. The lowest BCUT2D eigenvalue weighted by atomic mass is 9.87. The summed E-state index contributed by atoms with van der Waals surface area (Å²) in [5.41, 5.74) is 6.48. The molecule has 0 saturated heterocycles. The molecule has 0 saturated carbocycles. The van der Waals surface area contributed by atoms with Crippen molar-refractivity contribution < 1.29 is 48.0 Å². The van der Waals surface area contributed by atoms with Gasteiger partial charge in [0.15, 0.2) is 22.6 Å². The molecule has 454 valence electrons. The van der Waals surface area contributed by atoms with E-state index in [9.17, 15) is 19.2 Å². The zero-order chi connectivity index (χ0) is 62.8. The molecule has 86 heavy (non-hydrogen) atoms. The number of esters is 3. The number of halogens is 1. The molecule has 1 atom stereocenters. The van der Waals surface area contributed by atoms with Crippen molar-refractivity contribution in [2.45, 2.75) is 87.2 Å². The summed E-state index contributed by atoms with van der Waals surface area (Å²) in [6.45, 7) is 13.9. The van der Waals surface area contributed by atoms with Gasteiger partial charge in [0.25, 0.3) is 0 Å². The third-order valence-electron chi connectivity index (χ3n) is 14.0. The topological polar surface area (TPSA) is 279 Å². The molecule has 0 bridgehead atoms. The van der Waals surface area contributed by atoms with E-state index in [2.05, 4.69) is 62.9 Å². The molecule has 0 aliphatic carbocycles. The Morgan fingerprint density at radius 3 is 1.31 bits per heavy atom. The molecule has 10 rings (SSSR count). The average Bonchev–Trinajstić information content (AvgIpc) is 2.26. The highest BCUT2D eigenvalue weighted by molar-refractivity contribution is 14.1. The summed E-state index contributed by atoms with van der Waals surface area (Å²) in [6, 6.07) is 31.0. The van der Waals surface area contributed by atoms with E-state index in [4.69, 9.17) is 39.0 Å². The van der Waals surface area contributed by atoms with E-state index in [0.29, 0.717) is 50.1 Å². The fourth-order valence-corrected chi connectivity index (χ4v) is 9.18. The van der Waals surface area contributed by atoms with Crippen LogP contribution in [0, 0.1) is 22.2 Å². The van der Waals surface area contributed by atoms with Gasteiger partial charge in [0.2, 0.25) is 0 Å². The van der Waals surface area contributed by atoms with Gasteiger partial charge in [0.1, 0.15) is 11.5 Å². The number of ether oxygens (including phenoxy) is 5. The lowest BCUT2D eigenvalue weighted by Crippen LogP contribution is -2.28. The van der Waals surface area contributed by atoms with Gasteiger partial charge < -0.3 is 28.8 Å². The molecule has 1 unspecified atom stereocenters. The molecule has 23 heteroatoms. The number of nitrogens with zero attached hydrogens (tertiary/aromatic N) is 10. The summed E-state index contributed by atoms with van der Waals surface area (Å²) in [4.78, 5) is 65.6. The van der Waals surface area contributed by atoms with Gasteiger partial charge in [-0.1, -0.05) is 53.8 Å². The third-order valence-corrected chi connectivity index (χ3v) is 14.0. The van der Waals surface area contributed by atoms with Gasteiger partial charge in [-0.05, 0) is 130 Å². The highest BCUT2D eigenvalue weighted by Gasteiger charge is 2.33. The molecule has 0 fully saturated rings. The van der Waals surface area contributed by atoms with E-state index in [1.807, 2.05) is 146 Å². The normalized spacial score (nSPS) is 11.6. The summed E-state index contributed by atoms with van der Waals surface area (Å²) >= 11 is 2.15. The van der Waals surface area contributed by atoms with E-state index in [0.717, 1.165) is 78.2 Å². The summed E-state index contributed by atoms with van der Waals surface area (Å²) in [5.74, 6) is -0.153. The molecule has 3 N–H and O–H groups in total. The number of carbonyl (C=O) groups excluding carboxylic acids is 3. The second-order valence-corrected chi connectivity index (χ2v) is 21.9. The molecule has 22 nitrogen and oxygen atoms in total. The first-order valence-electron chi connectivity index (χ1n) is 27.4. The number of pyridine rings is 4. The Labute approximate surface area is 512 Å². The number of aromatic nitrogens is 12. The molecule has 0 aliphatic heterocycles. The monoisotopic (exact) mass is 1290 g/mol. The van der Waals surface area contributed by atoms with Crippen LogP contribution in [0.3, 0.4) is 0 Å². The predicted molar refractivity (Wildman–Crippen MR) is 336 cm³/mol. The van der Waals surface area contributed by atoms with Crippen molar-refractivity contribution in [2.75, 3.05) is 40.5 Å². The van der Waals surface area contributed by atoms with Crippen LogP contribution in [0.15, 0.2) is 122 Å². The molecule has 8 aromatic heterocycles. The number of carboxylic acids is 1.